The van der Waals surface area contributed by atoms with Crippen molar-refractivity contribution in [3.8, 4) is 0 Å². The molecule has 0 aliphatic carbocycles. The zero-order chi connectivity index (χ0) is 9.26. The Morgan fingerprint density at radius 2 is 2.00 bits per heavy atom. The fourth-order valence-electron chi connectivity index (χ4n) is 1.27. The van der Waals surface area contributed by atoms with Gasteiger partial charge in [-0.15, -0.1) is 0 Å². The van der Waals surface area contributed by atoms with E-state index in [1.54, 1.807) is 18.4 Å². The summed E-state index contributed by atoms with van der Waals surface area (Å²) in [7, 11) is 0. The van der Waals surface area contributed by atoms with E-state index in [1.807, 2.05) is 0 Å². The first-order valence-electron chi connectivity index (χ1n) is 3.92. The molecular formula is C10H7F2IrN. The standard InChI is InChI=1S/C10H7F2N.Ir/c11-7-3-4-8(9(12)6-7)10-2-1-5-13-10;/h1-6,10H;. The van der Waals surface area contributed by atoms with Gasteiger partial charge in [0.05, 0.1) is 6.04 Å². The van der Waals surface area contributed by atoms with Crippen LogP contribution in [0.4, 0.5) is 8.78 Å². The molecule has 0 N–H and O–H groups in total. The first kappa shape index (κ1) is 11.2. The van der Waals surface area contributed by atoms with Crippen LogP contribution < -0.4 is 0 Å². The molecular weight excluding hydrogens is 364 g/mol. The Morgan fingerprint density at radius 3 is 2.57 bits per heavy atom. The molecule has 1 aromatic carbocycles. The number of hydrogen-bond acceptors (Lipinski definition) is 1. The number of nitrogens with zero attached hydrogens (tertiary/aromatic N) is 1. The molecule has 75 valence electrons. The van der Waals surface area contributed by atoms with Gasteiger partial charge in [-0.05, 0) is 12.1 Å². The maximum absolute atomic E-state index is 13.2. The van der Waals surface area contributed by atoms with Crippen LogP contribution in [0.1, 0.15) is 11.6 Å². The van der Waals surface area contributed by atoms with Crippen LogP contribution >= 0.6 is 0 Å². The van der Waals surface area contributed by atoms with Crippen molar-refractivity contribution in [1.82, 2.24) is 0 Å². The second kappa shape index (κ2) is 4.58. The third-order valence-corrected chi connectivity index (χ3v) is 1.91. The van der Waals surface area contributed by atoms with Crippen LogP contribution in [0.3, 0.4) is 0 Å². The molecule has 14 heavy (non-hydrogen) atoms. The van der Waals surface area contributed by atoms with E-state index in [4.69, 9.17) is 0 Å². The van der Waals surface area contributed by atoms with Gasteiger partial charge >= 0.3 is 0 Å². The molecule has 0 aromatic heterocycles. The summed E-state index contributed by atoms with van der Waals surface area (Å²) in [6.45, 7) is 0. The summed E-state index contributed by atoms with van der Waals surface area (Å²) in [6.07, 6.45) is 5.11. The quantitative estimate of drug-likeness (QED) is 0.720. The average Bonchev–Trinajstić information content (AvgIpc) is 2.56. The molecule has 0 amide bonds. The molecule has 1 atom stereocenters. The molecule has 1 heterocycles. The second-order valence-corrected chi connectivity index (χ2v) is 2.79. The summed E-state index contributed by atoms with van der Waals surface area (Å²) in [6, 6.07) is 3.24. The number of rotatable bonds is 1. The van der Waals surface area contributed by atoms with Crippen molar-refractivity contribution < 1.29 is 28.9 Å². The number of hydrogen-bond donors (Lipinski definition) is 0. The molecule has 1 nitrogen and oxygen atoms in total. The summed E-state index contributed by atoms with van der Waals surface area (Å²) in [4.78, 5) is 4.00. The van der Waals surface area contributed by atoms with E-state index < -0.39 is 11.6 Å². The SMILES string of the molecule is Fc1ccc(C2C=CC=N2)c(F)c1.[Ir]. The predicted octanol–water partition coefficient (Wildman–Crippen LogP) is 2.64. The van der Waals surface area contributed by atoms with Crippen LogP contribution in [0, 0.1) is 11.6 Å². The van der Waals surface area contributed by atoms with Crippen molar-refractivity contribution in [2.24, 2.45) is 4.99 Å². The molecule has 1 unspecified atom stereocenters. The zero-order valence-electron chi connectivity index (χ0n) is 7.08. The number of benzene rings is 1. The minimum atomic E-state index is -0.563. The number of aliphatic imine (C=N–C) groups is 1. The van der Waals surface area contributed by atoms with Gasteiger partial charge in [-0.3, -0.25) is 4.99 Å². The summed E-state index contributed by atoms with van der Waals surface area (Å²) in [5, 5.41) is 0. The minimum absolute atomic E-state index is 0. The maximum Gasteiger partial charge on any atom is 0.131 e. The monoisotopic (exact) mass is 372 g/mol. The molecule has 0 fully saturated rings. The molecule has 2 rings (SSSR count). The van der Waals surface area contributed by atoms with Gasteiger partial charge in [-0.1, -0.05) is 12.1 Å². The van der Waals surface area contributed by atoms with E-state index in [0.717, 1.165) is 6.07 Å². The van der Waals surface area contributed by atoms with E-state index in [1.165, 1.54) is 12.1 Å². The Morgan fingerprint density at radius 1 is 1.21 bits per heavy atom. The molecule has 0 saturated heterocycles. The average molecular weight is 371 g/mol. The van der Waals surface area contributed by atoms with Crippen molar-refractivity contribution in [2.75, 3.05) is 0 Å². The Hall–Kier alpha value is -0.861. The smallest absolute Gasteiger partial charge is 0.131 e. The fourth-order valence-corrected chi connectivity index (χ4v) is 1.27. The van der Waals surface area contributed by atoms with E-state index >= 15 is 0 Å². The third kappa shape index (κ3) is 2.14. The van der Waals surface area contributed by atoms with E-state index in [-0.39, 0.29) is 26.1 Å². The Bertz CT molecular complexity index is 376. The van der Waals surface area contributed by atoms with Crippen molar-refractivity contribution in [1.29, 1.82) is 0 Å². The fraction of sp³-hybridized carbons (Fsp3) is 0.100. The largest absolute Gasteiger partial charge is 0.281 e. The van der Waals surface area contributed by atoms with Crippen molar-refractivity contribution in [3.63, 3.8) is 0 Å². The van der Waals surface area contributed by atoms with Crippen LogP contribution in [-0.4, -0.2) is 6.21 Å². The molecule has 4 heteroatoms. The summed E-state index contributed by atoms with van der Waals surface area (Å²) in [5.74, 6) is -1.11. The van der Waals surface area contributed by atoms with E-state index in [9.17, 15) is 8.78 Å². The van der Waals surface area contributed by atoms with Crippen molar-refractivity contribution in [3.05, 3.63) is 47.5 Å². The molecule has 1 radical (unpaired) electrons. The predicted molar refractivity (Wildman–Crippen MR) is 46.7 cm³/mol. The van der Waals surface area contributed by atoms with Crippen molar-refractivity contribution >= 4 is 6.21 Å². The van der Waals surface area contributed by atoms with Gasteiger partial charge in [0.2, 0.25) is 0 Å². The van der Waals surface area contributed by atoms with Crippen LogP contribution in [-0.2, 0) is 20.1 Å². The normalized spacial score (nSPS) is 18.3. The molecule has 0 spiro atoms. The van der Waals surface area contributed by atoms with Crippen LogP contribution in [0.15, 0.2) is 35.3 Å². The van der Waals surface area contributed by atoms with Gasteiger partial charge in [-0.25, -0.2) is 8.78 Å². The van der Waals surface area contributed by atoms with Gasteiger partial charge < -0.3 is 0 Å². The molecule has 0 saturated carbocycles. The Labute approximate surface area is 93.9 Å². The topological polar surface area (TPSA) is 12.4 Å². The Kier molecular flexibility index (Phi) is 3.67. The molecule has 1 aromatic rings. The van der Waals surface area contributed by atoms with Crippen LogP contribution in [0.25, 0.3) is 0 Å². The van der Waals surface area contributed by atoms with Crippen LogP contribution in [0.2, 0.25) is 0 Å². The minimum Gasteiger partial charge on any atom is -0.281 e. The first-order chi connectivity index (χ1) is 6.27. The molecule has 0 bridgehead atoms. The van der Waals surface area contributed by atoms with Crippen molar-refractivity contribution in [2.45, 2.75) is 6.04 Å². The molecule has 1 aliphatic heterocycles. The summed E-state index contributed by atoms with van der Waals surface area (Å²) < 4.78 is 25.7. The van der Waals surface area contributed by atoms with E-state index in [2.05, 4.69) is 4.99 Å². The zero-order valence-corrected chi connectivity index (χ0v) is 9.47. The van der Waals surface area contributed by atoms with Gasteiger partial charge in [0.25, 0.3) is 0 Å². The number of allylic oxidation sites excluding steroid dienone is 1. The summed E-state index contributed by atoms with van der Waals surface area (Å²) in [5.41, 5.74) is 0.409. The van der Waals surface area contributed by atoms with Gasteiger partial charge in [0.15, 0.2) is 0 Å². The van der Waals surface area contributed by atoms with Gasteiger partial charge in [0.1, 0.15) is 11.6 Å². The van der Waals surface area contributed by atoms with Crippen LogP contribution in [0.5, 0.6) is 0 Å². The summed E-state index contributed by atoms with van der Waals surface area (Å²) >= 11 is 0. The second-order valence-electron chi connectivity index (χ2n) is 2.79. The molecule has 1 aliphatic rings. The maximum atomic E-state index is 13.2. The number of halogens is 2. The Balaban J connectivity index is 0.000000980. The van der Waals surface area contributed by atoms with Gasteiger partial charge in [0, 0.05) is 37.9 Å². The van der Waals surface area contributed by atoms with E-state index in [0.29, 0.717) is 5.56 Å². The van der Waals surface area contributed by atoms with Gasteiger partial charge in [-0.2, -0.15) is 0 Å². The first-order valence-corrected chi connectivity index (χ1v) is 3.92. The third-order valence-electron chi connectivity index (χ3n) is 1.91.